The molecule has 94 valence electrons. The zero-order valence-electron chi connectivity index (χ0n) is 10.3. The van der Waals surface area contributed by atoms with Gasteiger partial charge in [0.2, 0.25) is 5.91 Å². The van der Waals surface area contributed by atoms with E-state index in [1.807, 2.05) is 31.0 Å². The highest BCUT2D eigenvalue weighted by Crippen LogP contribution is 2.28. The molecule has 5 heteroatoms. The molecule has 1 aromatic carbocycles. The summed E-state index contributed by atoms with van der Waals surface area (Å²) in [6.45, 7) is 2.83. The van der Waals surface area contributed by atoms with Crippen LogP contribution in [0.2, 0.25) is 5.02 Å². The summed E-state index contributed by atoms with van der Waals surface area (Å²) in [7, 11) is 3.42. The van der Waals surface area contributed by atoms with Crippen molar-refractivity contribution in [2.24, 2.45) is 5.73 Å². The lowest BCUT2D eigenvalue weighted by molar-refractivity contribution is -0.118. The molecule has 1 aromatic rings. The minimum absolute atomic E-state index is 0.225. The molecule has 0 atom stereocenters. The van der Waals surface area contributed by atoms with Crippen LogP contribution < -0.4 is 10.5 Å². The molecule has 0 aliphatic rings. The number of rotatable bonds is 5. The number of ether oxygens (including phenoxy) is 1. The summed E-state index contributed by atoms with van der Waals surface area (Å²) in [5.41, 5.74) is 7.26. The van der Waals surface area contributed by atoms with Gasteiger partial charge in [0, 0.05) is 6.54 Å². The second-order valence-electron chi connectivity index (χ2n) is 4.05. The molecule has 0 saturated heterocycles. The molecule has 4 nitrogen and oxygen atoms in total. The van der Waals surface area contributed by atoms with Crippen LogP contribution in [0, 0.1) is 6.92 Å². The van der Waals surface area contributed by atoms with Gasteiger partial charge in [0.1, 0.15) is 5.75 Å². The molecule has 0 radical (unpaired) electrons. The SMILES string of the molecule is COc1cc(C)c(CN(C)CC(N)=O)cc1Cl. The molecule has 0 heterocycles. The fourth-order valence-corrected chi connectivity index (χ4v) is 1.90. The average Bonchev–Trinajstić information content (AvgIpc) is 2.21. The molecule has 17 heavy (non-hydrogen) atoms. The summed E-state index contributed by atoms with van der Waals surface area (Å²) in [6, 6.07) is 3.74. The number of hydrogen-bond acceptors (Lipinski definition) is 3. The lowest BCUT2D eigenvalue weighted by atomic mass is 10.1. The third kappa shape index (κ3) is 3.91. The molecule has 0 spiro atoms. The minimum atomic E-state index is -0.343. The number of hydrogen-bond donors (Lipinski definition) is 1. The number of carbonyl (C=O) groups is 1. The predicted octanol–water partition coefficient (Wildman–Crippen LogP) is 1.57. The number of amides is 1. The molecule has 0 fully saturated rings. The quantitative estimate of drug-likeness (QED) is 0.870. The Kier molecular flexibility index (Phi) is 4.78. The summed E-state index contributed by atoms with van der Waals surface area (Å²) in [5, 5.41) is 0.570. The van der Waals surface area contributed by atoms with Crippen LogP contribution in [0.3, 0.4) is 0 Å². The van der Waals surface area contributed by atoms with E-state index >= 15 is 0 Å². The third-order valence-electron chi connectivity index (χ3n) is 2.48. The van der Waals surface area contributed by atoms with Gasteiger partial charge in [-0.2, -0.15) is 0 Å². The van der Waals surface area contributed by atoms with Gasteiger partial charge in [0.15, 0.2) is 0 Å². The normalized spacial score (nSPS) is 10.6. The Morgan fingerprint density at radius 1 is 1.53 bits per heavy atom. The minimum Gasteiger partial charge on any atom is -0.495 e. The zero-order chi connectivity index (χ0) is 13.0. The van der Waals surface area contributed by atoms with Crippen LogP contribution in [-0.4, -0.2) is 31.5 Å². The first-order valence-electron chi connectivity index (χ1n) is 5.24. The average molecular weight is 257 g/mol. The van der Waals surface area contributed by atoms with Crippen LogP contribution in [0.5, 0.6) is 5.75 Å². The molecule has 1 rings (SSSR count). The van der Waals surface area contributed by atoms with Crippen LogP contribution in [0.4, 0.5) is 0 Å². The summed E-state index contributed by atoms with van der Waals surface area (Å²) >= 11 is 6.06. The zero-order valence-corrected chi connectivity index (χ0v) is 11.0. The number of methoxy groups -OCH3 is 1. The van der Waals surface area contributed by atoms with Crippen molar-refractivity contribution in [3.05, 3.63) is 28.3 Å². The van der Waals surface area contributed by atoms with Crippen molar-refractivity contribution >= 4 is 17.5 Å². The number of likely N-dealkylation sites (N-methyl/N-ethyl adjacent to an activating group) is 1. The topological polar surface area (TPSA) is 55.6 Å². The van der Waals surface area contributed by atoms with Gasteiger partial charge < -0.3 is 10.5 Å². The van der Waals surface area contributed by atoms with E-state index in [4.69, 9.17) is 22.1 Å². The van der Waals surface area contributed by atoms with E-state index in [9.17, 15) is 4.79 Å². The van der Waals surface area contributed by atoms with Gasteiger partial charge in [0.25, 0.3) is 0 Å². The molecular weight excluding hydrogens is 240 g/mol. The molecule has 0 aromatic heterocycles. The number of benzene rings is 1. The molecule has 0 unspecified atom stereocenters. The van der Waals surface area contributed by atoms with E-state index in [1.54, 1.807) is 7.11 Å². The smallest absolute Gasteiger partial charge is 0.231 e. The fourth-order valence-electron chi connectivity index (χ4n) is 1.64. The Balaban J connectivity index is 2.84. The van der Waals surface area contributed by atoms with Crippen molar-refractivity contribution in [2.45, 2.75) is 13.5 Å². The van der Waals surface area contributed by atoms with Crippen molar-refractivity contribution < 1.29 is 9.53 Å². The second kappa shape index (κ2) is 5.89. The monoisotopic (exact) mass is 256 g/mol. The number of halogens is 1. The van der Waals surface area contributed by atoms with Gasteiger partial charge in [-0.3, -0.25) is 9.69 Å². The lowest BCUT2D eigenvalue weighted by Crippen LogP contribution is -2.30. The number of aryl methyl sites for hydroxylation is 1. The highest BCUT2D eigenvalue weighted by Gasteiger charge is 2.09. The molecule has 0 saturated carbocycles. The van der Waals surface area contributed by atoms with Gasteiger partial charge >= 0.3 is 0 Å². The molecular formula is C12H17ClN2O2. The van der Waals surface area contributed by atoms with Crippen molar-refractivity contribution in [3.63, 3.8) is 0 Å². The van der Waals surface area contributed by atoms with Gasteiger partial charge in [0.05, 0.1) is 18.7 Å². The first-order valence-corrected chi connectivity index (χ1v) is 5.61. The van der Waals surface area contributed by atoms with E-state index in [1.165, 1.54) is 0 Å². The van der Waals surface area contributed by atoms with E-state index in [-0.39, 0.29) is 12.5 Å². The maximum Gasteiger partial charge on any atom is 0.231 e. The lowest BCUT2D eigenvalue weighted by Gasteiger charge is -2.17. The Morgan fingerprint density at radius 2 is 2.18 bits per heavy atom. The fraction of sp³-hybridized carbons (Fsp3) is 0.417. The third-order valence-corrected chi connectivity index (χ3v) is 2.77. The molecule has 0 aliphatic heterocycles. The number of nitrogens with two attached hydrogens (primary N) is 1. The van der Waals surface area contributed by atoms with E-state index in [0.717, 1.165) is 11.1 Å². The van der Waals surface area contributed by atoms with Crippen LogP contribution in [0.15, 0.2) is 12.1 Å². The summed E-state index contributed by atoms with van der Waals surface area (Å²) < 4.78 is 5.13. The molecule has 0 aliphatic carbocycles. The second-order valence-corrected chi connectivity index (χ2v) is 4.46. The summed E-state index contributed by atoms with van der Waals surface area (Å²) in [6.07, 6.45) is 0. The molecule has 1 amide bonds. The highest BCUT2D eigenvalue weighted by molar-refractivity contribution is 6.32. The summed E-state index contributed by atoms with van der Waals surface area (Å²) in [5.74, 6) is 0.315. The Labute approximate surface area is 106 Å². The van der Waals surface area contributed by atoms with E-state index < -0.39 is 0 Å². The van der Waals surface area contributed by atoms with Crippen LogP contribution in [0.25, 0.3) is 0 Å². The maximum atomic E-state index is 10.8. The maximum absolute atomic E-state index is 10.8. The Hall–Kier alpha value is -1.26. The van der Waals surface area contributed by atoms with Crippen molar-refractivity contribution in [3.8, 4) is 5.75 Å². The first-order chi connectivity index (χ1) is 7.93. The van der Waals surface area contributed by atoms with Gasteiger partial charge in [-0.25, -0.2) is 0 Å². The van der Waals surface area contributed by atoms with Crippen molar-refractivity contribution in [1.29, 1.82) is 0 Å². The Morgan fingerprint density at radius 3 is 2.71 bits per heavy atom. The predicted molar refractivity (Wildman–Crippen MR) is 68.3 cm³/mol. The first kappa shape index (κ1) is 13.8. The van der Waals surface area contributed by atoms with Gasteiger partial charge in [-0.15, -0.1) is 0 Å². The Bertz CT molecular complexity index is 421. The van der Waals surface area contributed by atoms with Gasteiger partial charge in [-0.1, -0.05) is 11.6 Å². The van der Waals surface area contributed by atoms with Crippen LogP contribution in [-0.2, 0) is 11.3 Å². The largest absolute Gasteiger partial charge is 0.495 e. The van der Waals surface area contributed by atoms with Crippen molar-refractivity contribution in [1.82, 2.24) is 4.90 Å². The number of nitrogens with zero attached hydrogens (tertiary/aromatic N) is 1. The molecule has 2 N–H and O–H groups in total. The van der Waals surface area contributed by atoms with Gasteiger partial charge in [-0.05, 0) is 37.2 Å². The number of carbonyl (C=O) groups excluding carboxylic acids is 1. The number of primary amides is 1. The van der Waals surface area contributed by atoms with Crippen LogP contribution in [0.1, 0.15) is 11.1 Å². The highest BCUT2D eigenvalue weighted by atomic mass is 35.5. The summed E-state index contributed by atoms with van der Waals surface area (Å²) in [4.78, 5) is 12.6. The van der Waals surface area contributed by atoms with E-state index in [2.05, 4.69) is 0 Å². The van der Waals surface area contributed by atoms with Crippen molar-refractivity contribution in [2.75, 3.05) is 20.7 Å². The van der Waals surface area contributed by atoms with E-state index in [0.29, 0.717) is 17.3 Å². The standard InChI is InChI=1S/C12H17ClN2O2/c1-8-4-11(17-3)10(13)5-9(8)6-15(2)7-12(14)16/h4-5H,6-7H2,1-3H3,(H2,14,16). The molecule has 0 bridgehead atoms. The van der Waals surface area contributed by atoms with Crippen LogP contribution >= 0.6 is 11.6 Å².